The Morgan fingerprint density at radius 1 is 1.41 bits per heavy atom. The Kier molecular flexibility index (Phi) is 5.45. The molecule has 0 bridgehead atoms. The molecule has 1 amide bonds. The molecule has 1 aromatic carbocycles. The van der Waals surface area contributed by atoms with Crippen molar-refractivity contribution in [2.45, 2.75) is 32.9 Å². The van der Waals surface area contributed by atoms with Gasteiger partial charge in [0.2, 0.25) is 5.91 Å². The van der Waals surface area contributed by atoms with Gasteiger partial charge in [-0.05, 0) is 38.5 Å². The number of carbonyl (C=O) groups is 1. The van der Waals surface area contributed by atoms with Crippen molar-refractivity contribution in [2.24, 2.45) is 0 Å². The average Bonchev–Trinajstić information content (AvgIpc) is 2.29. The number of rotatable bonds is 5. The highest BCUT2D eigenvalue weighted by Gasteiger charge is 2.15. The van der Waals surface area contributed by atoms with E-state index in [-0.39, 0.29) is 18.0 Å². The minimum Gasteiger partial charge on any atom is -0.355 e. The monoisotopic (exact) mass is 254 g/mol. The zero-order valence-electron chi connectivity index (χ0n) is 10.5. The van der Waals surface area contributed by atoms with Crippen LogP contribution in [-0.2, 0) is 4.79 Å². The van der Waals surface area contributed by atoms with E-state index in [1.807, 2.05) is 45.0 Å². The number of carbonyl (C=O) groups excluding carboxylic acids is 1. The van der Waals surface area contributed by atoms with Gasteiger partial charge in [-0.15, -0.1) is 0 Å². The number of halogens is 1. The number of hydrogen-bond donors (Lipinski definition) is 2. The molecule has 0 aliphatic rings. The van der Waals surface area contributed by atoms with E-state index >= 15 is 0 Å². The van der Waals surface area contributed by atoms with Crippen molar-refractivity contribution in [1.29, 1.82) is 0 Å². The highest BCUT2D eigenvalue weighted by molar-refractivity contribution is 6.30. The second kappa shape index (κ2) is 6.62. The number of benzene rings is 1. The number of amides is 1. The summed E-state index contributed by atoms with van der Waals surface area (Å²) < 4.78 is 0. The van der Waals surface area contributed by atoms with Crippen LogP contribution in [0.1, 0.15) is 32.4 Å². The van der Waals surface area contributed by atoms with Crippen molar-refractivity contribution in [2.75, 3.05) is 6.54 Å². The third-order valence-electron chi connectivity index (χ3n) is 2.59. The summed E-state index contributed by atoms with van der Waals surface area (Å²) >= 11 is 5.93. The molecule has 17 heavy (non-hydrogen) atoms. The van der Waals surface area contributed by atoms with E-state index in [9.17, 15) is 4.79 Å². The first-order chi connectivity index (χ1) is 8.04. The molecule has 94 valence electrons. The molecule has 0 saturated heterocycles. The zero-order chi connectivity index (χ0) is 12.8. The van der Waals surface area contributed by atoms with Gasteiger partial charge in [-0.25, -0.2) is 0 Å². The molecule has 1 aromatic rings. The van der Waals surface area contributed by atoms with Crippen LogP contribution in [0.4, 0.5) is 0 Å². The summed E-state index contributed by atoms with van der Waals surface area (Å²) in [7, 11) is 0. The van der Waals surface area contributed by atoms with Crippen LogP contribution in [0.2, 0.25) is 5.02 Å². The molecule has 2 N–H and O–H groups in total. The molecule has 1 rings (SSSR count). The SMILES string of the molecule is CCNC(=O)C(C)NC(C)c1cccc(Cl)c1. The Morgan fingerprint density at radius 3 is 2.71 bits per heavy atom. The molecule has 2 unspecified atom stereocenters. The molecule has 0 aromatic heterocycles. The molecule has 0 saturated carbocycles. The van der Waals surface area contributed by atoms with Gasteiger partial charge in [-0.2, -0.15) is 0 Å². The molecule has 0 radical (unpaired) electrons. The van der Waals surface area contributed by atoms with Crippen LogP contribution in [0.3, 0.4) is 0 Å². The van der Waals surface area contributed by atoms with Gasteiger partial charge in [0, 0.05) is 17.6 Å². The Labute approximate surface area is 108 Å². The summed E-state index contributed by atoms with van der Waals surface area (Å²) in [6.45, 7) is 6.43. The lowest BCUT2D eigenvalue weighted by molar-refractivity contribution is -0.122. The quantitative estimate of drug-likeness (QED) is 0.848. The van der Waals surface area contributed by atoms with Gasteiger partial charge in [0.25, 0.3) is 0 Å². The van der Waals surface area contributed by atoms with Gasteiger partial charge in [0.15, 0.2) is 0 Å². The molecule has 0 heterocycles. The highest BCUT2D eigenvalue weighted by atomic mass is 35.5. The number of hydrogen-bond acceptors (Lipinski definition) is 2. The van der Waals surface area contributed by atoms with Crippen molar-refractivity contribution in [1.82, 2.24) is 10.6 Å². The number of likely N-dealkylation sites (N-methyl/N-ethyl adjacent to an activating group) is 1. The van der Waals surface area contributed by atoms with Gasteiger partial charge in [-0.3, -0.25) is 10.1 Å². The predicted molar refractivity (Wildman–Crippen MR) is 71.1 cm³/mol. The summed E-state index contributed by atoms with van der Waals surface area (Å²) in [5, 5.41) is 6.73. The molecule has 0 aliphatic heterocycles. The van der Waals surface area contributed by atoms with Gasteiger partial charge in [-0.1, -0.05) is 23.7 Å². The van der Waals surface area contributed by atoms with Crippen molar-refractivity contribution >= 4 is 17.5 Å². The molecule has 0 fully saturated rings. The van der Waals surface area contributed by atoms with Crippen molar-refractivity contribution in [3.63, 3.8) is 0 Å². The molecule has 0 spiro atoms. The fourth-order valence-corrected chi connectivity index (χ4v) is 1.85. The Morgan fingerprint density at radius 2 is 2.12 bits per heavy atom. The predicted octanol–water partition coefficient (Wildman–Crippen LogP) is 2.52. The second-order valence-corrected chi connectivity index (χ2v) is 4.50. The largest absolute Gasteiger partial charge is 0.355 e. The van der Waals surface area contributed by atoms with Crippen LogP contribution >= 0.6 is 11.6 Å². The van der Waals surface area contributed by atoms with Crippen LogP contribution in [0.25, 0.3) is 0 Å². The van der Waals surface area contributed by atoms with Gasteiger partial charge in [0.1, 0.15) is 0 Å². The smallest absolute Gasteiger partial charge is 0.236 e. The van der Waals surface area contributed by atoms with Crippen molar-refractivity contribution in [3.05, 3.63) is 34.9 Å². The van der Waals surface area contributed by atoms with Crippen LogP contribution < -0.4 is 10.6 Å². The first kappa shape index (κ1) is 14.0. The molecule has 4 heteroatoms. The maximum absolute atomic E-state index is 11.6. The lowest BCUT2D eigenvalue weighted by atomic mass is 10.1. The van der Waals surface area contributed by atoms with Crippen molar-refractivity contribution < 1.29 is 4.79 Å². The Bertz CT molecular complexity index is 381. The first-order valence-electron chi connectivity index (χ1n) is 5.83. The van der Waals surface area contributed by atoms with E-state index < -0.39 is 0 Å². The summed E-state index contributed by atoms with van der Waals surface area (Å²) in [5.74, 6) is 0.0152. The average molecular weight is 255 g/mol. The highest BCUT2D eigenvalue weighted by Crippen LogP contribution is 2.17. The minimum absolute atomic E-state index is 0.0152. The van der Waals surface area contributed by atoms with E-state index in [0.29, 0.717) is 11.6 Å². The third kappa shape index (κ3) is 4.36. The zero-order valence-corrected chi connectivity index (χ0v) is 11.2. The van der Waals surface area contributed by atoms with E-state index in [0.717, 1.165) is 5.56 Å². The first-order valence-corrected chi connectivity index (χ1v) is 6.21. The van der Waals surface area contributed by atoms with Crippen LogP contribution in [0, 0.1) is 0 Å². The van der Waals surface area contributed by atoms with E-state index in [2.05, 4.69) is 10.6 Å². The van der Waals surface area contributed by atoms with Crippen molar-refractivity contribution in [3.8, 4) is 0 Å². The lowest BCUT2D eigenvalue weighted by Crippen LogP contribution is -2.43. The maximum atomic E-state index is 11.6. The lowest BCUT2D eigenvalue weighted by Gasteiger charge is -2.19. The summed E-state index contributed by atoms with van der Waals surface area (Å²) in [4.78, 5) is 11.6. The van der Waals surface area contributed by atoms with E-state index in [1.165, 1.54) is 0 Å². The normalized spacial score (nSPS) is 14.1. The molecule has 2 atom stereocenters. The van der Waals surface area contributed by atoms with Gasteiger partial charge >= 0.3 is 0 Å². The summed E-state index contributed by atoms with van der Waals surface area (Å²) in [5.41, 5.74) is 1.08. The Balaban J connectivity index is 2.60. The molecule has 3 nitrogen and oxygen atoms in total. The fraction of sp³-hybridized carbons (Fsp3) is 0.462. The van der Waals surface area contributed by atoms with E-state index in [4.69, 9.17) is 11.6 Å². The van der Waals surface area contributed by atoms with E-state index in [1.54, 1.807) is 0 Å². The Hall–Kier alpha value is -1.06. The summed E-state index contributed by atoms with van der Waals surface area (Å²) in [6, 6.07) is 7.52. The minimum atomic E-state index is -0.219. The van der Waals surface area contributed by atoms with Gasteiger partial charge in [0.05, 0.1) is 6.04 Å². The van der Waals surface area contributed by atoms with Crippen LogP contribution in [0.15, 0.2) is 24.3 Å². The topological polar surface area (TPSA) is 41.1 Å². The summed E-state index contributed by atoms with van der Waals surface area (Å²) in [6.07, 6.45) is 0. The molecular formula is C13H19ClN2O. The second-order valence-electron chi connectivity index (χ2n) is 4.06. The maximum Gasteiger partial charge on any atom is 0.236 e. The van der Waals surface area contributed by atoms with Crippen LogP contribution in [-0.4, -0.2) is 18.5 Å². The number of nitrogens with one attached hydrogen (secondary N) is 2. The van der Waals surface area contributed by atoms with Crippen LogP contribution in [0.5, 0.6) is 0 Å². The van der Waals surface area contributed by atoms with Gasteiger partial charge < -0.3 is 5.32 Å². The standard InChI is InChI=1S/C13H19ClN2O/c1-4-15-13(17)10(3)16-9(2)11-6-5-7-12(14)8-11/h5-10,16H,4H2,1-3H3,(H,15,17). The fourth-order valence-electron chi connectivity index (χ4n) is 1.65. The molecule has 0 aliphatic carbocycles. The molecular weight excluding hydrogens is 236 g/mol. The third-order valence-corrected chi connectivity index (χ3v) is 2.83.